The van der Waals surface area contributed by atoms with Crippen molar-refractivity contribution in [1.82, 2.24) is 0 Å². The van der Waals surface area contributed by atoms with Crippen molar-refractivity contribution in [1.29, 1.82) is 0 Å². The van der Waals surface area contributed by atoms with Crippen LogP contribution in [-0.4, -0.2) is 17.7 Å². The molecule has 1 rings (SSSR count). The molecule has 0 saturated carbocycles. The second kappa shape index (κ2) is 5.90. The first kappa shape index (κ1) is 12.2. The van der Waals surface area contributed by atoms with Crippen molar-refractivity contribution in [3.63, 3.8) is 0 Å². The van der Waals surface area contributed by atoms with Gasteiger partial charge >= 0.3 is 5.97 Å². The lowest BCUT2D eigenvalue weighted by Gasteiger charge is -1.99. The summed E-state index contributed by atoms with van der Waals surface area (Å²) in [6, 6.07) is 3.69. The minimum Gasteiger partial charge on any atom is -0.507 e. The zero-order chi connectivity index (χ0) is 12.0. The number of carbonyl (C=O) groups excluding carboxylic acids is 1. The molecule has 0 unspecified atom stereocenters. The minimum atomic E-state index is -0.500. The largest absolute Gasteiger partial charge is 0.507 e. The molecule has 0 aromatic heterocycles. The molecular weight excluding hydrogens is 211 g/mol. The molecule has 0 aliphatic carbocycles. The molecule has 1 aromatic rings. The molecule has 4 heteroatoms. The van der Waals surface area contributed by atoms with Gasteiger partial charge in [-0.05, 0) is 19.1 Å². The maximum atomic E-state index is 12.6. The van der Waals surface area contributed by atoms with E-state index in [4.69, 9.17) is 4.74 Å². The Balaban J connectivity index is 2.59. The average Bonchev–Trinajstić information content (AvgIpc) is 2.22. The quantitative estimate of drug-likeness (QED) is 0.799. The van der Waals surface area contributed by atoms with Crippen LogP contribution < -0.4 is 0 Å². The van der Waals surface area contributed by atoms with Gasteiger partial charge in [0.1, 0.15) is 11.6 Å². The van der Waals surface area contributed by atoms with Crippen LogP contribution in [0.15, 0.2) is 24.3 Å². The molecule has 16 heavy (non-hydrogen) atoms. The lowest BCUT2D eigenvalue weighted by atomic mass is 10.1. The van der Waals surface area contributed by atoms with Gasteiger partial charge < -0.3 is 9.84 Å². The van der Waals surface area contributed by atoms with Crippen molar-refractivity contribution in [2.75, 3.05) is 6.61 Å². The number of hydrogen-bond acceptors (Lipinski definition) is 3. The van der Waals surface area contributed by atoms with E-state index in [-0.39, 0.29) is 18.1 Å². The molecule has 0 spiro atoms. The first-order valence-electron chi connectivity index (χ1n) is 4.94. The second-order valence-corrected chi connectivity index (χ2v) is 3.11. The van der Waals surface area contributed by atoms with Crippen LogP contribution >= 0.6 is 0 Å². The highest BCUT2D eigenvalue weighted by molar-refractivity contribution is 5.73. The maximum absolute atomic E-state index is 12.6. The average molecular weight is 224 g/mol. The van der Waals surface area contributed by atoms with E-state index in [1.807, 2.05) is 0 Å². The van der Waals surface area contributed by atoms with Crippen molar-refractivity contribution >= 4 is 12.0 Å². The second-order valence-electron chi connectivity index (χ2n) is 3.11. The van der Waals surface area contributed by atoms with E-state index in [2.05, 4.69) is 0 Å². The van der Waals surface area contributed by atoms with Gasteiger partial charge in [-0.2, -0.15) is 0 Å². The van der Waals surface area contributed by atoms with Gasteiger partial charge in [-0.1, -0.05) is 12.2 Å². The summed E-state index contributed by atoms with van der Waals surface area (Å²) in [6.45, 7) is 2.07. The van der Waals surface area contributed by atoms with E-state index < -0.39 is 5.82 Å². The number of ether oxygens (including phenoxy) is 1. The summed E-state index contributed by atoms with van der Waals surface area (Å²) >= 11 is 0. The molecule has 0 heterocycles. The number of esters is 1. The van der Waals surface area contributed by atoms with E-state index >= 15 is 0 Å². The van der Waals surface area contributed by atoms with E-state index in [9.17, 15) is 14.3 Å². The molecule has 0 saturated heterocycles. The molecule has 0 aliphatic rings. The van der Waals surface area contributed by atoms with Crippen molar-refractivity contribution in [2.24, 2.45) is 0 Å². The summed E-state index contributed by atoms with van der Waals surface area (Å²) in [5.41, 5.74) is 0.464. The van der Waals surface area contributed by atoms with Crippen LogP contribution in [0.4, 0.5) is 4.39 Å². The van der Waals surface area contributed by atoms with Gasteiger partial charge in [0, 0.05) is 11.6 Å². The molecule has 1 N–H and O–H groups in total. The molecule has 0 aliphatic heterocycles. The molecule has 86 valence electrons. The number of phenolic OH excluding ortho intramolecular Hbond substituents is 1. The monoisotopic (exact) mass is 224 g/mol. The number of benzene rings is 1. The Kier molecular flexibility index (Phi) is 4.51. The Morgan fingerprint density at radius 1 is 1.56 bits per heavy atom. The summed E-state index contributed by atoms with van der Waals surface area (Å²) in [4.78, 5) is 11.0. The smallest absolute Gasteiger partial charge is 0.309 e. The molecule has 0 amide bonds. The third-order valence-corrected chi connectivity index (χ3v) is 1.88. The fraction of sp³-hybridized carbons (Fsp3) is 0.250. The molecular formula is C12H13FO3. The van der Waals surface area contributed by atoms with E-state index in [1.54, 1.807) is 19.1 Å². The van der Waals surface area contributed by atoms with E-state index in [0.717, 1.165) is 6.07 Å². The third kappa shape index (κ3) is 3.73. The Hall–Kier alpha value is -1.84. The highest BCUT2D eigenvalue weighted by atomic mass is 19.1. The number of carbonyl (C=O) groups is 1. The molecule has 0 atom stereocenters. The van der Waals surface area contributed by atoms with Crippen molar-refractivity contribution in [3.8, 4) is 5.75 Å². The fourth-order valence-electron chi connectivity index (χ4n) is 1.16. The first-order chi connectivity index (χ1) is 7.63. The van der Waals surface area contributed by atoms with E-state index in [0.29, 0.717) is 12.2 Å². The number of rotatable bonds is 4. The van der Waals surface area contributed by atoms with Crippen LogP contribution in [0, 0.1) is 5.82 Å². The summed E-state index contributed by atoms with van der Waals surface area (Å²) < 4.78 is 17.4. The highest BCUT2D eigenvalue weighted by Gasteiger charge is 2.00. The molecule has 1 aromatic carbocycles. The lowest BCUT2D eigenvalue weighted by molar-refractivity contribution is -0.142. The number of aromatic hydroxyl groups is 1. The standard InChI is InChI=1S/C12H13FO3/c1-2-16-12(15)5-3-4-9-6-7-10(13)8-11(9)14/h3-4,6-8,14H,2,5H2,1H3. The first-order valence-corrected chi connectivity index (χ1v) is 4.94. The zero-order valence-electron chi connectivity index (χ0n) is 8.94. The predicted octanol–water partition coefficient (Wildman–Crippen LogP) is 2.50. The van der Waals surface area contributed by atoms with Crippen LogP contribution in [0.3, 0.4) is 0 Å². The van der Waals surface area contributed by atoms with Gasteiger partial charge in [0.2, 0.25) is 0 Å². The Bertz CT molecular complexity index is 399. The van der Waals surface area contributed by atoms with Crippen LogP contribution in [-0.2, 0) is 9.53 Å². The van der Waals surface area contributed by atoms with Crippen LogP contribution in [0.5, 0.6) is 5.75 Å². The topological polar surface area (TPSA) is 46.5 Å². The van der Waals surface area contributed by atoms with Gasteiger partial charge in [0.15, 0.2) is 0 Å². The Labute approximate surface area is 93.2 Å². The number of halogens is 1. The van der Waals surface area contributed by atoms with Crippen LogP contribution in [0.2, 0.25) is 0 Å². The normalized spacial score (nSPS) is 10.6. The van der Waals surface area contributed by atoms with Crippen molar-refractivity contribution in [3.05, 3.63) is 35.7 Å². The Morgan fingerprint density at radius 2 is 2.31 bits per heavy atom. The fourth-order valence-corrected chi connectivity index (χ4v) is 1.16. The number of hydrogen-bond donors (Lipinski definition) is 1. The van der Waals surface area contributed by atoms with E-state index in [1.165, 1.54) is 12.1 Å². The van der Waals surface area contributed by atoms with Crippen LogP contribution in [0.1, 0.15) is 18.9 Å². The highest BCUT2D eigenvalue weighted by Crippen LogP contribution is 2.19. The van der Waals surface area contributed by atoms with Crippen LogP contribution in [0.25, 0.3) is 6.08 Å². The van der Waals surface area contributed by atoms with Gasteiger partial charge in [0.05, 0.1) is 13.0 Å². The maximum Gasteiger partial charge on any atom is 0.309 e. The predicted molar refractivity (Wildman–Crippen MR) is 58.3 cm³/mol. The van der Waals surface area contributed by atoms with Gasteiger partial charge in [-0.25, -0.2) is 4.39 Å². The molecule has 0 radical (unpaired) electrons. The molecule has 3 nitrogen and oxygen atoms in total. The summed E-state index contributed by atoms with van der Waals surface area (Å²) in [5.74, 6) is -0.986. The summed E-state index contributed by atoms with van der Waals surface area (Å²) in [6.07, 6.45) is 3.24. The van der Waals surface area contributed by atoms with Gasteiger partial charge in [-0.3, -0.25) is 4.79 Å². The van der Waals surface area contributed by atoms with Gasteiger partial charge in [-0.15, -0.1) is 0 Å². The minimum absolute atomic E-state index is 0.130. The summed E-state index contributed by atoms with van der Waals surface area (Å²) in [7, 11) is 0. The summed E-state index contributed by atoms with van der Waals surface area (Å²) in [5, 5.41) is 9.35. The van der Waals surface area contributed by atoms with Crippen molar-refractivity contribution in [2.45, 2.75) is 13.3 Å². The molecule has 0 fully saturated rings. The van der Waals surface area contributed by atoms with Crippen molar-refractivity contribution < 1.29 is 19.0 Å². The Morgan fingerprint density at radius 3 is 2.94 bits per heavy atom. The third-order valence-electron chi connectivity index (χ3n) is 1.88. The van der Waals surface area contributed by atoms with Gasteiger partial charge in [0.25, 0.3) is 0 Å². The number of phenols is 1. The molecule has 0 bridgehead atoms. The SMILES string of the molecule is CCOC(=O)CC=Cc1ccc(F)cc1O. The lowest BCUT2D eigenvalue weighted by Crippen LogP contribution is -2.01. The zero-order valence-corrected chi connectivity index (χ0v) is 8.94.